The smallest absolute Gasteiger partial charge is 0.189 e. The van der Waals surface area contributed by atoms with Gasteiger partial charge in [0.2, 0.25) is 0 Å². The Morgan fingerprint density at radius 3 is 2.94 bits per heavy atom. The van der Waals surface area contributed by atoms with Crippen LogP contribution in [-0.4, -0.2) is 33.8 Å². The lowest BCUT2D eigenvalue weighted by Crippen LogP contribution is -2.35. The third-order valence-corrected chi connectivity index (χ3v) is 3.69. The first kappa shape index (κ1) is 11.5. The number of hydrogen-bond acceptors (Lipinski definition) is 4. The van der Waals surface area contributed by atoms with Gasteiger partial charge in [0.15, 0.2) is 5.11 Å². The molecule has 2 heterocycles. The lowest BCUT2D eigenvalue weighted by molar-refractivity contribution is 0.509. The number of rotatable bonds is 2. The molecule has 0 amide bonds. The van der Waals surface area contributed by atoms with E-state index >= 15 is 0 Å². The predicted octanol–water partition coefficient (Wildman–Crippen LogP) is 1.84. The molecule has 0 unspecified atom stereocenters. The predicted molar refractivity (Wildman–Crippen MR) is 70.9 cm³/mol. The molecule has 4 nitrogen and oxygen atoms in total. The zero-order valence-corrected chi connectivity index (χ0v) is 10.8. The van der Waals surface area contributed by atoms with E-state index in [1.807, 2.05) is 12.3 Å². The number of hydrazone groups is 1. The first-order valence-corrected chi connectivity index (χ1v) is 6.55. The van der Waals surface area contributed by atoms with Gasteiger partial charge in [-0.25, -0.2) is 4.98 Å². The van der Waals surface area contributed by atoms with Gasteiger partial charge in [-0.1, -0.05) is 0 Å². The van der Waals surface area contributed by atoms with E-state index in [9.17, 15) is 0 Å². The van der Waals surface area contributed by atoms with Gasteiger partial charge in [0.05, 0.1) is 5.71 Å². The number of thiocarbonyl (C=S) groups is 1. The Morgan fingerprint density at radius 2 is 2.31 bits per heavy atom. The largest absolute Gasteiger partial charge is 0.348 e. The van der Waals surface area contributed by atoms with Gasteiger partial charge in [-0.15, -0.1) is 11.3 Å². The molecule has 0 saturated carbocycles. The summed E-state index contributed by atoms with van der Waals surface area (Å²) in [5.74, 6) is 0. The van der Waals surface area contributed by atoms with Crippen molar-refractivity contribution in [3.05, 3.63) is 16.6 Å². The molecule has 0 bridgehead atoms. The first-order chi connectivity index (χ1) is 7.77. The van der Waals surface area contributed by atoms with E-state index in [0.717, 1.165) is 23.8 Å². The maximum Gasteiger partial charge on any atom is 0.189 e. The zero-order valence-electron chi connectivity index (χ0n) is 9.14. The number of aromatic nitrogens is 1. The number of nitrogens with zero attached hydrogens (tertiary/aromatic N) is 3. The Labute approximate surface area is 104 Å². The summed E-state index contributed by atoms with van der Waals surface area (Å²) in [6, 6.07) is 0. The SMILES string of the molecule is C/C(=N\NC(=S)N1CCCC1)c1nccs1. The quantitative estimate of drug-likeness (QED) is 0.497. The number of nitrogens with one attached hydrogen (secondary N) is 1. The normalized spacial score (nSPS) is 16.6. The van der Waals surface area contributed by atoms with Gasteiger partial charge in [-0.2, -0.15) is 5.10 Å². The molecule has 0 aliphatic carbocycles. The van der Waals surface area contributed by atoms with Crippen LogP contribution in [0.1, 0.15) is 24.8 Å². The van der Waals surface area contributed by atoms with Gasteiger partial charge in [0.1, 0.15) is 5.01 Å². The third-order valence-electron chi connectivity index (χ3n) is 2.45. The summed E-state index contributed by atoms with van der Waals surface area (Å²) in [7, 11) is 0. The average molecular weight is 254 g/mol. The van der Waals surface area contributed by atoms with Crippen molar-refractivity contribution >= 4 is 34.4 Å². The second kappa shape index (κ2) is 5.36. The van der Waals surface area contributed by atoms with Gasteiger partial charge in [-0.05, 0) is 32.0 Å². The Bertz CT molecular complexity index is 380. The lowest BCUT2D eigenvalue weighted by Gasteiger charge is -2.17. The molecule has 1 saturated heterocycles. The van der Waals surface area contributed by atoms with E-state index in [1.165, 1.54) is 12.8 Å². The summed E-state index contributed by atoms with van der Waals surface area (Å²) < 4.78 is 0. The van der Waals surface area contributed by atoms with E-state index in [1.54, 1.807) is 17.5 Å². The minimum absolute atomic E-state index is 0.716. The summed E-state index contributed by atoms with van der Waals surface area (Å²) in [5, 5.41) is 7.82. The van der Waals surface area contributed by atoms with E-state index in [0.29, 0.717) is 5.11 Å². The molecule has 1 fully saturated rings. The summed E-state index contributed by atoms with van der Waals surface area (Å²) in [6.45, 7) is 4.01. The Balaban J connectivity index is 1.90. The summed E-state index contributed by atoms with van der Waals surface area (Å²) in [4.78, 5) is 6.33. The Kier molecular flexibility index (Phi) is 3.84. The van der Waals surface area contributed by atoms with Crippen molar-refractivity contribution in [3.63, 3.8) is 0 Å². The van der Waals surface area contributed by atoms with Gasteiger partial charge in [0, 0.05) is 24.7 Å². The fraction of sp³-hybridized carbons (Fsp3) is 0.500. The molecular formula is C10H14N4S2. The second-order valence-corrected chi connectivity index (χ2v) is 4.93. The van der Waals surface area contributed by atoms with Crippen LogP contribution in [-0.2, 0) is 0 Å². The Hall–Kier alpha value is -1.01. The van der Waals surface area contributed by atoms with Crippen LogP contribution < -0.4 is 5.43 Å². The van der Waals surface area contributed by atoms with Crippen molar-refractivity contribution in [2.45, 2.75) is 19.8 Å². The van der Waals surface area contributed by atoms with E-state index in [4.69, 9.17) is 12.2 Å². The number of hydrogen-bond donors (Lipinski definition) is 1. The van der Waals surface area contributed by atoms with Crippen molar-refractivity contribution in [1.82, 2.24) is 15.3 Å². The Morgan fingerprint density at radius 1 is 1.56 bits per heavy atom. The molecule has 0 spiro atoms. The molecule has 1 N–H and O–H groups in total. The molecule has 86 valence electrons. The van der Waals surface area contributed by atoms with Crippen molar-refractivity contribution in [2.75, 3.05) is 13.1 Å². The van der Waals surface area contributed by atoms with Crippen LogP contribution in [0.2, 0.25) is 0 Å². The van der Waals surface area contributed by atoms with Crippen molar-refractivity contribution in [3.8, 4) is 0 Å². The minimum atomic E-state index is 0.716. The molecule has 0 aromatic carbocycles. The third kappa shape index (κ3) is 2.76. The van der Waals surface area contributed by atoms with Crippen molar-refractivity contribution in [1.29, 1.82) is 0 Å². The molecule has 1 aromatic heterocycles. The lowest BCUT2D eigenvalue weighted by atomic mass is 10.4. The van der Waals surface area contributed by atoms with Gasteiger partial charge in [-0.3, -0.25) is 5.43 Å². The van der Waals surface area contributed by atoms with E-state index in [2.05, 4.69) is 20.4 Å². The second-order valence-electron chi connectivity index (χ2n) is 3.65. The van der Waals surface area contributed by atoms with Gasteiger partial charge < -0.3 is 4.90 Å². The van der Waals surface area contributed by atoms with Crippen LogP contribution in [0.5, 0.6) is 0 Å². The highest BCUT2D eigenvalue weighted by Gasteiger charge is 2.14. The van der Waals surface area contributed by atoms with Gasteiger partial charge in [0.25, 0.3) is 0 Å². The fourth-order valence-electron chi connectivity index (χ4n) is 1.57. The summed E-state index contributed by atoms with van der Waals surface area (Å²) in [5.41, 5.74) is 3.80. The molecular weight excluding hydrogens is 240 g/mol. The highest BCUT2D eigenvalue weighted by atomic mass is 32.1. The van der Waals surface area contributed by atoms with Crippen LogP contribution in [0.25, 0.3) is 0 Å². The molecule has 6 heteroatoms. The molecule has 0 radical (unpaired) electrons. The highest BCUT2D eigenvalue weighted by molar-refractivity contribution is 7.80. The molecule has 1 aliphatic rings. The van der Waals surface area contributed by atoms with Crippen LogP contribution >= 0.6 is 23.6 Å². The topological polar surface area (TPSA) is 40.5 Å². The van der Waals surface area contributed by atoms with Crippen LogP contribution in [0, 0.1) is 0 Å². The van der Waals surface area contributed by atoms with Crippen LogP contribution in [0.4, 0.5) is 0 Å². The van der Waals surface area contributed by atoms with Crippen molar-refractivity contribution < 1.29 is 0 Å². The minimum Gasteiger partial charge on any atom is -0.348 e. The summed E-state index contributed by atoms with van der Waals surface area (Å²) in [6.07, 6.45) is 4.21. The maximum atomic E-state index is 5.25. The highest BCUT2D eigenvalue weighted by Crippen LogP contribution is 2.08. The van der Waals surface area contributed by atoms with Crippen molar-refractivity contribution in [2.24, 2.45) is 5.10 Å². The molecule has 16 heavy (non-hydrogen) atoms. The van der Waals surface area contributed by atoms with E-state index < -0.39 is 0 Å². The van der Waals surface area contributed by atoms with Gasteiger partial charge >= 0.3 is 0 Å². The molecule has 2 rings (SSSR count). The molecule has 1 aliphatic heterocycles. The van der Waals surface area contributed by atoms with Crippen LogP contribution in [0.15, 0.2) is 16.7 Å². The monoisotopic (exact) mass is 254 g/mol. The van der Waals surface area contributed by atoms with E-state index in [-0.39, 0.29) is 0 Å². The van der Waals surface area contributed by atoms with Crippen LogP contribution in [0.3, 0.4) is 0 Å². The number of likely N-dealkylation sites (tertiary alicyclic amines) is 1. The standard InChI is InChI=1S/C10H14N4S2/c1-8(9-11-4-7-16-9)12-13-10(15)14-5-2-3-6-14/h4,7H,2-3,5-6H2,1H3,(H,13,15)/b12-8+. The average Bonchev–Trinajstić information content (AvgIpc) is 2.95. The number of thiazole rings is 1. The first-order valence-electron chi connectivity index (χ1n) is 5.26. The fourth-order valence-corrected chi connectivity index (χ4v) is 2.39. The molecule has 0 atom stereocenters. The summed E-state index contributed by atoms with van der Waals surface area (Å²) >= 11 is 6.83. The molecule has 1 aromatic rings. The zero-order chi connectivity index (χ0) is 11.4. The maximum absolute atomic E-state index is 5.25.